The summed E-state index contributed by atoms with van der Waals surface area (Å²) in [6.45, 7) is 0. The van der Waals surface area contributed by atoms with E-state index < -0.39 is 15.8 Å². The third kappa shape index (κ3) is 3.31. The standard InChI is InChI=1S/C20H18AsN3O2/c1-26-15-4-5-17-14(9-15)10-18(24-17)19-16(6-8-23-20(19)25)21-11-13-3-2-7-22-12-13/h2-10,12,21,24H,11H2,1H3,(H,23,25). The summed E-state index contributed by atoms with van der Waals surface area (Å²) in [5.41, 5.74) is 3.73. The van der Waals surface area contributed by atoms with Crippen LogP contribution in [0.2, 0.25) is 0 Å². The number of ether oxygens (including phenoxy) is 1. The van der Waals surface area contributed by atoms with Crippen molar-refractivity contribution in [2.45, 2.75) is 5.21 Å². The molecule has 1 atom stereocenters. The van der Waals surface area contributed by atoms with Gasteiger partial charge >= 0.3 is 157 Å². The van der Waals surface area contributed by atoms with Crippen LogP contribution >= 0.6 is 0 Å². The van der Waals surface area contributed by atoms with Crippen molar-refractivity contribution in [3.63, 3.8) is 0 Å². The number of methoxy groups -OCH3 is 1. The van der Waals surface area contributed by atoms with Crippen molar-refractivity contribution >= 4 is 31.0 Å². The van der Waals surface area contributed by atoms with Gasteiger partial charge in [0.15, 0.2) is 0 Å². The van der Waals surface area contributed by atoms with Gasteiger partial charge in [-0.05, 0) is 0 Å². The maximum atomic E-state index is 12.6. The molecule has 3 heterocycles. The van der Waals surface area contributed by atoms with Gasteiger partial charge in [0.1, 0.15) is 0 Å². The maximum absolute atomic E-state index is 12.6. The molecule has 1 aromatic carbocycles. The number of H-pyrrole nitrogens is 2. The van der Waals surface area contributed by atoms with Crippen LogP contribution in [0.4, 0.5) is 0 Å². The Labute approximate surface area is 157 Å². The Balaban J connectivity index is 1.73. The number of rotatable bonds is 5. The number of hydrogen-bond acceptors (Lipinski definition) is 3. The van der Waals surface area contributed by atoms with Gasteiger partial charge in [-0.15, -0.1) is 0 Å². The molecule has 0 bridgehead atoms. The molecule has 0 radical (unpaired) electrons. The van der Waals surface area contributed by atoms with E-state index in [-0.39, 0.29) is 5.56 Å². The van der Waals surface area contributed by atoms with Crippen LogP contribution in [0.25, 0.3) is 22.2 Å². The van der Waals surface area contributed by atoms with Gasteiger partial charge in [-0.3, -0.25) is 0 Å². The molecule has 5 nitrogen and oxygen atoms in total. The molecule has 26 heavy (non-hydrogen) atoms. The molecule has 0 fully saturated rings. The fraction of sp³-hybridized carbons (Fsp3) is 0.100. The van der Waals surface area contributed by atoms with Crippen LogP contribution in [-0.2, 0) is 5.21 Å². The van der Waals surface area contributed by atoms with Gasteiger partial charge < -0.3 is 0 Å². The first-order valence-corrected chi connectivity index (χ1v) is 10.8. The van der Waals surface area contributed by atoms with Gasteiger partial charge in [0, 0.05) is 0 Å². The average Bonchev–Trinajstić information content (AvgIpc) is 3.09. The zero-order valence-electron chi connectivity index (χ0n) is 14.2. The summed E-state index contributed by atoms with van der Waals surface area (Å²) >= 11 is -0.514. The summed E-state index contributed by atoms with van der Waals surface area (Å²) in [6.07, 6.45) is 5.41. The summed E-state index contributed by atoms with van der Waals surface area (Å²) < 4.78 is 6.43. The number of pyridine rings is 2. The molecule has 2 N–H and O–H groups in total. The van der Waals surface area contributed by atoms with Crippen LogP contribution in [-0.4, -0.2) is 37.8 Å². The van der Waals surface area contributed by atoms with Gasteiger partial charge in [-0.25, -0.2) is 0 Å². The fourth-order valence-corrected chi connectivity index (χ4v) is 5.55. The summed E-state index contributed by atoms with van der Waals surface area (Å²) in [4.78, 5) is 22.9. The second kappa shape index (κ2) is 7.22. The zero-order valence-corrected chi connectivity index (χ0v) is 16.3. The number of hydrogen-bond donors (Lipinski definition) is 2. The third-order valence-corrected chi connectivity index (χ3v) is 7.16. The number of benzene rings is 1. The van der Waals surface area contributed by atoms with E-state index >= 15 is 0 Å². The van der Waals surface area contributed by atoms with Gasteiger partial charge in [-0.2, -0.15) is 0 Å². The molecule has 3 aromatic heterocycles. The van der Waals surface area contributed by atoms with Crippen LogP contribution < -0.4 is 14.6 Å². The first-order valence-electron chi connectivity index (χ1n) is 8.26. The number of aromatic amines is 2. The third-order valence-electron chi connectivity index (χ3n) is 4.26. The molecule has 0 saturated carbocycles. The Kier molecular flexibility index (Phi) is 4.63. The molecule has 0 spiro atoms. The Morgan fingerprint density at radius 3 is 2.92 bits per heavy atom. The van der Waals surface area contributed by atoms with E-state index in [1.807, 2.05) is 42.6 Å². The van der Waals surface area contributed by atoms with Crippen molar-refractivity contribution in [2.24, 2.45) is 0 Å². The molecular formula is C20H18AsN3O2. The second-order valence-electron chi connectivity index (χ2n) is 5.95. The molecule has 1 unspecified atom stereocenters. The molecule has 4 rings (SSSR count). The zero-order chi connectivity index (χ0) is 17.9. The number of nitrogens with zero attached hydrogens (tertiary/aromatic N) is 1. The average molecular weight is 407 g/mol. The monoisotopic (exact) mass is 407 g/mol. The predicted molar refractivity (Wildman–Crippen MR) is 106 cm³/mol. The van der Waals surface area contributed by atoms with Crippen molar-refractivity contribution < 1.29 is 4.74 Å². The summed E-state index contributed by atoms with van der Waals surface area (Å²) in [5.74, 6) is 0.801. The first-order chi connectivity index (χ1) is 12.7. The Morgan fingerprint density at radius 2 is 2.12 bits per heavy atom. The van der Waals surface area contributed by atoms with E-state index in [0.29, 0.717) is 0 Å². The SMILES string of the molecule is COc1ccc2[nH]c(-c3c([AsH]Cc4cccnc4)cc[nH]c3=O)cc2c1. The van der Waals surface area contributed by atoms with E-state index in [1.54, 1.807) is 19.5 Å². The molecule has 0 aliphatic carbocycles. The molecular weight excluding hydrogens is 389 g/mol. The van der Waals surface area contributed by atoms with Crippen molar-refractivity contribution in [1.29, 1.82) is 0 Å². The van der Waals surface area contributed by atoms with E-state index in [0.717, 1.165) is 37.5 Å². The summed E-state index contributed by atoms with van der Waals surface area (Å²) in [7, 11) is 1.65. The molecule has 130 valence electrons. The predicted octanol–water partition coefficient (Wildman–Crippen LogP) is 2.19. The van der Waals surface area contributed by atoms with Crippen LogP contribution in [0.1, 0.15) is 5.56 Å². The topological polar surface area (TPSA) is 70.8 Å². The normalized spacial score (nSPS) is 11.4. The fourth-order valence-electron chi connectivity index (χ4n) is 2.97. The molecule has 0 amide bonds. The van der Waals surface area contributed by atoms with Gasteiger partial charge in [-0.1, -0.05) is 0 Å². The van der Waals surface area contributed by atoms with Crippen molar-refractivity contribution in [3.05, 3.63) is 77.0 Å². The van der Waals surface area contributed by atoms with Gasteiger partial charge in [0.25, 0.3) is 0 Å². The van der Waals surface area contributed by atoms with Crippen LogP contribution in [0.5, 0.6) is 5.75 Å². The number of nitrogens with one attached hydrogen (secondary N) is 2. The first kappa shape index (κ1) is 16.7. The van der Waals surface area contributed by atoms with Crippen LogP contribution in [0.15, 0.2) is 65.8 Å². The van der Waals surface area contributed by atoms with Crippen molar-refractivity contribution in [3.8, 4) is 17.0 Å². The van der Waals surface area contributed by atoms with Crippen molar-refractivity contribution in [2.75, 3.05) is 7.11 Å². The molecule has 0 aliphatic rings. The Bertz CT molecular complexity index is 1100. The summed E-state index contributed by atoms with van der Waals surface area (Å²) in [6, 6.07) is 13.9. The summed E-state index contributed by atoms with van der Waals surface area (Å²) in [5, 5.41) is 1.99. The Morgan fingerprint density at radius 1 is 1.19 bits per heavy atom. The molecule has 0 aliphatic heterocycles. The van der Waals surface area contributed by atoms with E-state index in [4.69, 9.17) is 4.74 Å². The second-order valence-corrected chi connectivity index (χ2v) is 8.56. The van der Waals surface area contributed by atoms with Gasteiger partial charge in [0.05, 0.1) is 0 Å². The minimum atomic E-state index is -0.514. The van der Waals surface area contributed by atoms with Crippen LogP contribution in [0.3, 0.4) is 0 Å². The number of fused-ring (bicyclic) bond motifs is 1. The van der Waals surface area contributed by atoms with Crippen molar-refractivity contribution in [1.82, 2.24) is 15.0 Å². The minimum absolute atomic E-state index is 0.0593. The van der Waals surface area contributed by atoms with E-state index in [2.05, 4.69) is 21.0 Å². The molecule has 4 aromatic rings. The van der Waals surface area contributed by atoms with E-state index in [9.17, 15) is 4.79 Å². The van der Waals surface area contributed by atoms with Gasteiger partial charge in [0.2, 0.25) is 0 Å². The molecule has 0 saturated heterocycles. The molecule has 6 heteroatoms. The number of aromatic nitrogens is 3. The van der Waals surface area contributed by atoms with Crippen LogP contribution in [0, 0.1) is 0 Å². The van der Waals surface area contributed by atoms with E-state index in [1.165, 1.54) is 5.56 Å². The quantitative estimate of drug-likeness (QED) is 0.499. The Hall–Kier alpha value is -2.78.